The molecular formula is C12H24N2O5. The zero-order valence-electron chi connectivity index (χ0n) is 11.7. The largest absolute Gasteiger partial charge is 0.465 e. The number of amides is 2. The Kier molecular flexibility index (Phi) is 7.90. The van der Waals surface area contributed by atoms with E-state index in [1.54, 1.807) is 20.8 Å². The average molecular weight is 276 g/mol. The van der Waals surface area contributed by atoms with E-state index in [4.69, 9.17) is 14.9 Å². The summed E-state index contributed by atoms with van der Waals surface area (Å²) in [4.78, 5) is 21.8. The van der Waals surface area contributed by atoms with Crippen LogP contribution in [0.3, 0.4) is 0 Å². The van der Waals surface area contributed by atoms with Gasteiger partial charge in [-0.1, -0.05) is 0 Å². The first-order valence-corrected chi connectivity index (χ1v) is 6.32. The summed E-state index contributed by atoms with van der Waals surface area (Å²) in [6, 6.07) is -0.303. The van der Waals surface area contributed by atoms with Crippen LogP contribution in [0, 0.1) is 0 Å². The van der Waals surface area contributed by atoms with E-state index in [-0.39, 0.29) is 12.6 Å². The number of hydrogen-bond donors (Lipinski definition) is 4. The molecule has 2 amide bonds. The summed E-state index contributed by atoms with van der Waals surface area (Å²) in [6.07, 6.45) is -0.0954. The summed E-state index contributed by atoms with van der Waals surface area (Å²) in [5.74, 6) is 0. The van der Waals surface area contributed by atoms with Gasteiger partial charge in [-0.25, -0.2) is 9.59 Å². The summed E-state index contributed by atoms with van der Waals surface area (Å²) in [5.41, 5.74) is -0.533. The van der Waals surface area contributed by atoms with Crippen molar-refractivity contribution < 1.29 is 24.5 Å². The maximum atomic E-state index is 11.3. The second kappa shape index (κ2) is 8.58. The maximum Gasteiger partial charge on any atom is 0.407 e. The molecule has 19 heavy (non-hydrogen) atoms. The van der Waals surface area contributed by atoms with Gasteiger partial charge in [-0.15, -0.1) is 0 Å². The van der Waals surface area contributed by atoms with Crippen molar-refractivity contribution >= 4 is 12.2 Å². The molecule has 0 aliphatic heterocycles. The van der Waals surface area contributed by atoms with Crippen LogP contribution in [-0.4, -0.2) is 47.2 Å². The Labute approximate surface area is 113 Å². The number of carboxylic acid groups (broad SMARTS) is 1. The molecule has 0 aromatic heterocycles. The normalized spacial score (nSPS) is 12.6. The first-order chi connectivity index (χ1) is 8.74. The van der Waals surface area contributed by atoms with Crippen molar-refractivity contribution in [1.29, 1.82) is 0 Å². The summed E-state index contributed by atoms with van der Waals surface area (Å²) >= 11 is 0. The highest BCUT2D eigenvalue weighted by molar-refractivity contribution is 5.67. The lowest BCUT2D eigenvalue weighted by Gasteiger charge is -2.20. The van der Waals surface area contributed by atoms with Gasteiger partial charge in [0.25, 0.3) is 0 Å². The van der Waals surface area contributed by atoms with Gasteiger partial charge in [0.1, 0.15) is 5.60 Å². The van der Waals surface area contributed by atoms with Crippen molar-refractivity contribution in [2.75, 3.05) is 13.2 Å². The van der Waals surface area contributed by atoms with E-state index < -0.39 is 17.8 Å². The van der Waals surface area contributed by atoms with Crippen LogP contribution >= 0.6 is 0 Å². The van der Waals surface area contributed by atoms with Gasteiger partial charge in [-0.05, 0) is 40.0 Å². The Morgan fingerprint density at radius 2 is 1.89 bits per heavy atom. The number of aliphatic hydroxyl groups excluding tert-OH is 1. The molecule has 0 radical (unpaired) electrons. The monoisotopic (exact) mass is 276 g/mol. The standard InChI is InChI=1S/C12H24N2O5/c1-12(2,3)19-11(18)13-7-4-5-9(6-8-15)14-10(16)17/h9,14-15H,4-8H2,1-3H3,(H,13,18)(H,16,17)/t9-/m0/s1. The fraction of sp³-hybridized carbons (Fsp3) is 0.833. The van der Waals surface area contributed by atoms with Crippen LogP contribution in [0.5, 0.6) is 0 Å². The molecule has 0 heterocycles. The maximum absolute atomic E-state index is 11.3. The fourth-order valence-corrected chi connectivity index (χ4v) is 1.47. The third-order valence-corrected chi connectivity index (χ3v) is 2.20. The number of hydrogen-bond acceptors (Lipinski definition) is 4. The molecule has 0 aromatic carbocycles. The molecule has 0 aliphatic carbocycles. The zero-order chi connectivity index (χ0) is 14.9. The van der Waals surface area contributed by atoms with E-state index in [2.05, 4.69) is 10.6 Å². The highest BCUT2D eigenvalue weighted by Crippen LogP contribution is 2.06. The van der Waals surface area contributed by atoms with Crippen LogP contribution in [0.25, 0.3) is 0 Å². The van der Waals surface area contributed by atoms with Gasteiger partial charge in [0.05, 0.1) is 0 Å². The summed E-state index contributed by atoms with van der Waals surface area (Å²) in [7, 11) is 0. The number of carbonyl (C=O) groups is 2. The topological polar surface area (TPSA) is 108 Å². The zero-order valence-corrected chi connectivity index (χ0v) is 11.7. The molecule has 0 aromatic rings. The predicted octanol–water partition coefficient (Wildman–Crippen LogP) is 1.31. The first kappa shape index (κ1) is 17.5. The third kappa shape index (κ3) is 11.3. The smallest absolute Gasteiger partial charge is 0.407 e. The first-order valence-electron chi connectivity index (χ1n) is 6.32. The molecule has 0 spiro atoms. The number of carbonyl (C=O) groups excluding carboxylic acids is 1. The Morgan fingerprint density at radius 1 is 1.26 bits per heavy atom. The summed E-state index contributed by atoms with van der Waals surface area (Å²) in [6.45, 7) is 5.66. The Morgan fingerprint density at radius 3 is 2.37 bits per heavy atom. The molecule has 0 aliphatic rings. The molecule has 0 fully saturated rings. The number of rotatable bonds is 7. The molecule has 0 bridgehead atoms. The average Bonchev–Trinajstić information content (AvgIpc) is 2.21. The molecule has 0 saturated heterocycles. The van der Waals surface area contributed by atoms with Crippen molar-refractivity contribution in [3.05, 3.63) is 0 Å². The van der Waals surface area contributed by atoms with Gasteiger partial charge in [0.15, 0.2) is 0 Å². The number of alkyl carbamates (subject to hydrolysis) is 1. The van der Waals surface area contributed by atoms with Gasteiger partial charge in [-0.2, -0.15) is 0 Å². The second-order valence-electron chi connectivity index (χ2n) is 5.23. The Bertz CT molecular complexity index is 288. The van der Waals surface area contributed by atoms with E-state index in [0.717, 1.165) is 0 Å². The minimum atomic E-state index is -1.11. The van der Waals surface area contributed by atoms with Crippen LogP contribution in [0.1, 0.15) is 40.0 Å². The van der Waals surface area contributed by atoms with E-state index in [0.29, 0.717) is 25.8 Å². The Hall–Kier alpha value is -1.50. The van der Waals surface area contributed by atoms with E-state index in [1.165, 1.54) is 0 Å². The van der Waals surface area contributed by atoms with Crippen LogP contribution in [0.2, 0.25) is 0 Å². The van der Waals surface area contributed by atoms with Gasteiger partial charge >= 0.3 is 12.2 Å². The second-order valence-corrected chi connectivity index (χ2v) is 5.23. The van der Waals surface area contributed by atoms with Gasteiger partial charge in [0, 0.05) is 19.2 Å². The lowest BCUT2D eigenvalue weighted by atomic mass is 10.1. The van der Waals surface area contributed by atoms with Crippen LogP contribution in [0.15, 0.2) is 0 Å². The lowest BCUT2D eigenvalue weighted by Crippen LogP contribution is -2.36. The third-order valence-electron chi connectivity index (χ3n) is 2.20. The van der Waals surface area contributed by atoms with E-state index >= 15 is 0 Å². The van der Waals surface area contributed by atoms with Gasteiger partial charge in [0.2, 0.25) is 0 Å². The molecule has 1 atom stereocenters. The van der Waals surface area contributed by atoms with Crippen molar-refractivity contribution in [2.24, 2.45) is 0 Å². The molecule has 7 heteroatoms. The molecule has 112 valence electrons. The number of ether oxygens (including phenoxy) is 1. The Balaban J connectivity index is 3.81. The molecule has 0 saturated carbocycles. The summed E-state index contributed by atoms with van der Waals surface area (Å²) < 4.78 is 5.06. The fourth-order valence-electron chi connectivity index (χ4n) is 1.47. The van der Waals surface area contributed by atoms with Crippen molar-refractivity contribution in [3.8, 4) is 0 Å². The van der Waals surface area contributed by atoms with E-state index in [1.807, 2.05) is 0 Å². The quantitative estimate of drug-likeness (QED) is 0.524. The van der Waals surface area contributed by atoms with Crippen LogP contribution in [-0.2, 0) is 4.74 Å². The molecule has 7 nitrogen and oxygen atoms in total. The van der Waals surface area contributed by atoms with Crippen LogP contribution < -0.4 is 10.6 Å². The minimum absolute atomic E-state index is 0.0789. The SMILES string of the molecule is CC(C)(C)OC(=O)NCCC[C@@H](CCO)NC(=O)O. The predicted molar refractivity (Wildman–Crippen MR) is 70.1 cm³/mol. The highest BCUT2D eigenvalue weighted by atomic mass is 16.6. The van der Waals surface area contributed by atoms with Gasteiger partial charge in [-0.3, -0.25) is 0 Å². The summed E-state index contributed by atoms with van der Waals surface area (Å²) in [5, 5.41) is 22.3. The van der Waals surface area contributed by atoms with Crippen molar-refractivity contribution in [1.82, 2.24) is 10.6 Å². The van der Waals surface area contributed by atoms with Gasteiger partial charge < -0.3 is 25.6 Å². The van der Waals surface area contributed by atoms with E-state index in [9.17, 15) is 9.59 Å². The molecule has 0 unspecified atom stereocenters. The molecule has 0 rings (SSSR count). The number of aliphatic hydroxyl groups is 1. The molecule has 4 N–H and O–H groups in total. The van der Waals surface area contributed by atoms with Crippen molar-refractivity contribution in [2.45, 2.75) is 51.7 Å². The minimum Gasteiger partial charge on any atom is -0.465 e. The highest BCUT2D eigenvalue weighted by Gasteiger charge is 2.16. The molecular weight excluding hydrogens is 252 g/mol. The number of nitrogens with one attached hydrogen (secondary N) is 2. The van der Waals surface area contributed by atoms with Crippen molar-refractivity contribution in [3.63, 3.8) is 0 Å². The lowest BCUT2D eigenvalue weighted by molar-refractivity contribution is 0.0526. The van der Waals surface area contributed by atoms with Crippen LogP contribution in [0.4, 0.5) is 9.59 Å².